The van der Waals surface area contributed by atoms with Gasteiger partial charge in [-0.05, 0) is 77.8 Å². The second-order valence-corrected chi connectivity index (χ2v) is 7.67. The van der Waals surface area contributed by atoms with Gasteiger partial charge in [0.05, 0.1) is 12.1 Å². The first kappa shape index (κ1) is 17.2. The van der Waals surface area contributed by atoms with Crippen LogP contribution >= 0.6 is 0 Å². The van der Waals surface area contributed by atoms with Gasteiger partial charge < -0.3 is 4.74 Å². The molecule has 0 N–H and O–H groups in total. The quantitative estimate of drug-likeness (QED) is 0.373. The van der Waals surface area contributed by atoms with Crippen molar-refractivity contribution in [3.8, 4) is 16.9 Å². The summed E-state index contributed by atoms with van der Waals surface area (Å²) in [5, 5.41) is 3.86. The van der Waals surface area contributed by atoms with Crippen molar-refractivity contribution in [3.63, 3.8) is 0 Å². The average molecular weight is 367 g/mol. The van der Waals surface area contributed by atoms with E-state index in [9.17, 15) is 0 Å². The Labute approximate surface area is 166 Å². The molecule has 1 aromatic heterocycles. The fourth-order valence-corrected chi connectivity index (χ4v) is 4.45. The third-order valence-corrected chi connectivity index (χ3v) is 5.77. The first-order chi connectivity index (χ1) is 13.8. The molecule has 1 aliphatic carbocycles. The molecule has 0 fully saturated rings. The molecule has 28 heavy (non-hydrogen) atoms. The van der Waals surface area contributed by atoms with Gasteiger partial charge in [-0.25, -0.2) is 0 Å². The normalized spacial score (nSPS) is 13.6. The number of hydrogen-bond acceptors (Lipinski definition) is 2. The highest BCUT2D eigenvalue weighted by atomic mass is 16.5. The molecule has 4 aromatic rings. The molecule has 2 heteroatoms. The Morgan fingerprint density at radius 1 is 0.893 bits per heavy atom. The van der Waals surface area contributed by atoms with E-state index in [1.165, 1.54) is 51.4 Å². The molecule has 0 saturated heterocycles. The van der Waals surface area contributed by atoms with Crippen LogP contribution in [0.2, 0.25) is 0 Å². The van der Waals surface area contributed by atoms with Crippen molar-refractivity contribution in [2.45, 2.75) is 39.0 Å². The van der Waals surface area contributed by atoms with E-state index in [4.69, 9.17) is 9.72 Å². The molecule has 0 radical (unpaired) electrons. The maximum absolute atomic E-state index is 5.80. The standard InChI is InChI=1S/C26H25NO/c1-2-17-28-20-14-11-19(12-15-20)25-22-9-5-6-10-23(22)27-24-16-13-18-7-3-4-8-21(18)26(24)25/h3-4,7-8,11-16H,2,5-6,9-10,17H2,1H3. The minimum absolute atomic E-state index is 0.761. The summed E-state index contributed by atoms with van der Waals surface area (Å²) >= 11 is 0. The third kappa shape index (κ3) is 2.93. The second-order valence-electron chi connectivity index (χ2n) is 7.67. The van der Waals surface area contributed by atoms with Gasteiger partial charge in [-0.3, -0.25) is 4.98 Å². The molecule has 3 aromatic carbocycles. The zero-order valence-corrected chi connectivity index (χ0v) is 16.4. The number of rotatable bonds is 4. The minimum atomic E-state index is 0.761. The van der Waals surface area contributed by atoms with Gasteiger partial charge >= 0.3 is 0 Å². The van der Waals surface area contributed by atoms with Gasteiger partial charge in [0.15, 0.2) is 0 Å². The topological polar surface area (TPSA) is 22.1 Å². The lowest BCUT2D eigenvalue weighted by atomic mass is 9.85. The van der Waals surface area contributed by atoms with E-state index in [0.29, 0.717) is 0 Å². The summed E-state index contributed by atoms with van der Waals surface area (Å²) in [4.78, 5) is 5.09. The van der Waals surface area contributed by atoms with Crippen LogP contribution in [-0.4, -0.2) is 11.6 Å². The van der Waals surface area contributed by atoms with E-state index in [-0.39, 0.29) is 0 Å². The average Bonchev–Trinajstić information content (AvgIpc) is 2.76. The number of ether oxygens (including phenoxy) is 1. The Bertz CT molecular complexity index is 1140. The second kappa shape index (κ2) is 7.27. The Morgan fingerprint density at radius 3 is 2.57 bits per heavy atom. The minimum Gasteiger partial charge on any atom is -0.494 e. The van der Waals surface area contributed by atoms with Crippen molar-refractivity contribution in [2.24, 2.45) is 0 Å². The monoisotopic (exact) mass is 367 g/mol. The van der Waals surface area contributed by atoms with Crippen molar-refractivity contribution in [3.05, 3.63) is 71.9 Å². The first-order valence-corrected chi connectivity index (χ1v) is 10.4. The molecule has 140 valence electrons. The van der Waals surface area contributed by atoms with E-state index < -0.39 is 0 Å². The summed E-state index contributed by atoms with van der Waals surface area (Å²) in [6.45, 7) is 2.90. The molecule has 1 heterocycles. The van der Waals surface area contributed by atoms with Crippen molar-refractivity contribution in [2.75, 3.05) is 6.61 Å². The Morgan fingerprint density at radius 2 is 1.71 bits per heavy atom. The number of pyridine rings is 1. The lowest BCUT2D eigenvalue weighted by molar-refractivity contribution is 0.317. The molecule has 0 spiro atoms. The van der Waals surface area contributed by atoms with Crippen molar-refractivity contribution < 1.29 is 4.74 Å². The molecule has 5 rings (SSSR count). The molecule has 0 atom stereocenters. The molecule has 0 bridgehead atoms. The Kier molecular flexibility index (Phi) is 4.48. The fraction of sp³-hybridized carbons (Fsp3) is 0.269. The summed E-state index contributed by atoms with van der Waals surface area (Å²) in [6, 6.07) is 21.7. The maximum atomic E-state index is 5.80. The van der Waals surface area contributed by atoms with E-state index in [1.807, 2.05) is 0 Å². The van der Waals surface area contributed by atoms with Gasteiger partial charge in [0.25, 0.3) is 0 Å². The van der Waals surface area contributed by atoms with Gasteiger partial charge in [-0.1, -0.05) is 49.4 Å². The first-order valence-electron chi connectivity index (χ1n) is 10.4. The summed E-state index contributed by atoms with van der Waals surface area (Å²) in [7, 11) is 0. The number of fused-ring (bicyclic) bond motifs is 4. The lowest BCUT2D eigenvalue weighted by Crippen LogP contribution is -2.08. The van der Waals surface area contributed by atoms with Crippen molar-refractivity contribution in [1.82, 2.24) is 4.98 Å². The van der Waals surface area contributed by atoms with Crippen LogP contribution in [0.4, 0.5) is 0 Å². The van der Waals surface area contributed by atoms with E-state index in [1.54, 1.807) is 0 Å². The van der Waals surface area contributed by atoms with Crippen LogP contribution in [0, 0.1) is 0 Å². The molecule has 0 saturated carbocycles. The van der Waals surface area contributed by atoms with Crippen LogP contribution in [0.15, 0.2) is 60.7 Å². The highest BCUT2D eigenvalue weighted by Crippen LogP contribution is 2.40. The van der Waals surface area contributed by atoms with Gasteiger partial charge in [-0.2, -0.15) is 0 Å². The van der Waals surface area contributed by atoms with Gasteiger partial charge in [-0.15, -0.1) is 0 Å². The van der Waals surface area contributed by atoms with Crippen LogP contribution in [0.3, 0.4) is 0 Å². The van der Waals surface area contributed by atoms with Gasteiger partial charge in [0.1, 0.15) is 5.75 Å². The van der Waals surface area contributed by atoms with Crippen LogP contribution in [0.25, 0.3) is 32.8 Å². The third-order valence-electron chi connectivity index (χ3n) is 5.77. The molecule has 0 unspecified atom stereocenters. The van der Waals surface area contributed by atoms with Crippen molar-refractivity contribution >= 4 is 21.7 Å². The Balaban J connectivity index is 1.79. The molecule has 0 aliphatic heterocycles. The number of nitrogens with zero attached hydrogens (tertiary/aromatic N) is 1. The SMILES string of the molecule is CCCOc1ccc(-c2c3c(nc4ccc5ccccc5c24)CCCC3)cc1. The molecule has 1 aliphatic rings. The van der Waals surface area contributed by atoms with Gasteiger partial charge in [0.2, 0.25) is 0 Å². The smallest absolute Gasteiger partial charge is 0.119 e. The summed E-state index contributed by atoms with van der Waals surface area (Å²) < 4.78 is 5.80. The lowest BCUT2D eigenvalue weighted by Gasteiger charge is -2.22. The number of aromatic nitrogens is 1. The van der Waals surface area contributed by atoms with Gasteiger partial charge in [0, 0.05) is 11.1 Å². The van der Waals surface area contributed by atoms with E-state index >= 15 is 0 Å². The highest BCUT2D eigenvalue weighted by Gasteiger charge is 2.20. The fourth-order valence-electron chi connectivity index (χ4n) is 4.45. The summed E-state index contributed by atoms with van der Waals surface area (Å²) in [5.74, 6) is 0.947. The van der Waals surface area contributed by atoms with Crippen LogP contribution in [0.5, 0.6) is 5.75 Å². The predicted molar refractivity (Wildman–Crippen MR) is 117 cm³/mol. The molecule has 2 nitrogen and oxygen atoms in total. The Hall–Kier alpha value is -2.87. The van der Waals surface area contributed by atoms with Crippen molar-refractivity contribution in [1.29, 1.82) is 0 Å². The van der Waals surface area contributed by atoms with E-state index in [2.05, 4.69) is 67.6 Å². The molecular weight excluding hydrogens is 342 g/mol. The largest absolute Gasteiger partial charge is 0.494 e. The van der Waals surface area contributed by atoms with Crippen LogP contribution in [-0.2, 0) is 12.8 Å². The number of benzene rings is 3. The van der Waals surface area contributed by atoms with E-state index in [0.717, 1.165) is 37.1 Å². The molecule has 0 amide bonds. The van der Waals surface area contributed by atoms with Crippen LogP contribution in [0.1, 0.15) is 37.4 Å². The highest BCUT2D eigenvalue weighted by molar-refractivity contribution is 6.14. The summed E-state index contributed by atoms with van der Waals surface area (Å²) in [5.41, 5.74) is 6.48. The number of hydrogen-bond donors (Lipinski definition) is 0. The maximum Gasteiger partial charge on any atom is 0.119 e. The predicted octanol–water partition coefficient (Wildman–Crippen LogP) is 6.72. The zero-order valence-electron chi connectivity index (χ0n) is 16.4. The summed E-state index contributed by atoms with van der Waals surface area (Å²) in [6.07, 6.45) is 5.71. The van der Waals surface area contributed by atoms with Crippen LogP contribution < -0.4 is 4.74 Å². The zero-order chi connectivity index (χ0) is 18.9. The number of aryl methyl sites for hydroxylation is 1. The molecular formula is C26H25NO.